The summed E-state index contributed by atoms with van der Waals surface area (Å²) in [6, 6.07) is 15.2. The number of hydrogen-bond acceptors (Lipinski definition) is 6. The predicted octanol–water partition coefficient (Wildman–Crippen LogP) is 4.11. The molecule has 3 rings (SSSR count). The summed E-state index contributed by atoms with van der Waals surface area (Å²) in [6.45, 7) is 1.95. The Morgan fingerprint density at radius 2 is 1.64 bits per heavy atom. The van der Waals surface area contributed by atoms with Crippen molar-refractivity contribution in [2.75, 3.05) is 17.7 Å². The van der Waals surface area contributed by atoms with Crippen LogP contribution in [0.1, 0.15) is 22.3 Å². The van der Waals surface area contributed by atoms with E-state index in [-0.39, 0.29) is 5.91 Å². The number of carbonyl (C=O) groups excluding carboxylic acids is 1. The zero-order valence-electron chi connectivity index (χ0n) is 13.9. The third-order valence-corrected chi connectivity index (χ3v) is 4.39. The van der Waals surface area contributed by atoms with E-state index in [1.807, 2.05) is 55.5 Å². The Hall–Kier alpha value is -2.93. The van der Waals surface area contributed by atoms with E-state index in [0.29, 0.717) is 11.3 Å². The number of anilines is 3. The molecule has 0 aliphatic heterocycles. The summed E-state index contributed by atoms with van der Waals surface area (Å²) in [4.78, 5) is 12.8. The van der Waals surface area contributed by atoms with Crippen LogP contribution in [-0.2, 0) is 6.42 Å². The molecule has 6 nitrogen and oxygen atoms in total. The van der Waals surface area contributed by atoms with Gasteiger partial charge in [0.25, 0.3) is 5.91 Å². The molecule has 0 spiro atoms. The number of nitrogens with one attached hydrogen (secondary N) is 2. The highest BCUT2D eigenvalue weighted by molar-refractivity contribution is 7.08. The molecule has 0 saturated carbocycles. The highest BCUT2D eigenvalue weighted by Crippen LogP contribution is 2.22. The van der Waals surface area contributed by atoms with Crippen LogP contribution in [0.2, 0.25) is 0 Å². The van der Waals surface area contributed by atoms with Crippen molar-refractivity contribution in [3.63, 3.8) is 0 Å². The number of rotatable bonds is 6. The van der Waals surface area contributed by atoms with Gasteiger partial charge in [0.2, 0.25) is 0 Å². The lowest BCUT2D eigenvalue weighted by Crippen LogP contribution is -2.12. The van der Waals surface area contributed by atoms with Crippen LogP contribution in [0, 0.1) is 0 Å². The van der Waals surface area contributed by atoms with Gasteiger partial charge in [0.15, 0.2) is 0 Å². The van der Waals surface area contributed by atoms with E-state index in [1.54, 1.807) is 7.11 Å². The van der Waals surface area contributed by atoms with Gasteiger partial charge in [0.1, 0.15) is 10.6 Å². The van der Waals surface area contributed by atoms with Crippen LogP contribution in [0.25, 0.3) is 0 Å². The molecule has 0 bridgehead atoms. The lowest BCUT2D eigenvalue weighted by molar-refractivity contribution is 0.102. The van der Waals surface area contributed by atoms with E-state index in [0.717, 1.165) is 40.0 Å². The fourth-order valence-corrected chi connectivity index (χ4v) is 2.92. The highest BCUT2D eigenvalue weighted by Gasteiger charge is 2.14. The minimum absolute atomic E-state index is 0.178. The fraction of sp³-hybridized carbons (Fsp3) is 0.167. The molecule has 25 heavy (non-hydrogen) atoms. The molecule has 0 unspecified atom stereocenters. The van der Waals surface area contributed by atoms with E-state index in [9.17, 15) is 4.79 Å². The average Bonchev–Trinajstić information content (AvgIpc) is 3.13. The van der Waals surface area contributed by atoms with Crippen molar-refractivity contribution in [3.8, 4) is 5.75 Å². The van der Waals surface area contributed by atoms with Crippen LogP contribution in [0.4, 0.5) is 17.1 Å². The maximum Gasteiger partial charge on any atom is 0.269 e. The number of benzene rings is 2. The Kier molecular flexibility index (Phi) is 5.25. The second kappa shape index (κ2) is 7.76. The maximum absolute atomic E-state index is 12.3. The third-order valence-electron chi connectivity index (χ3n) is 3.62. The first-order valence-corrected chi connectivity index (χ1v) is 8.60. The van der Waals surface area contributed by atoms with Crippen LogP contribution < -0.4 is 15.4 Å². The molecule has 1 aromatic heterocycles. The monoisotopic (exact) mass is 354 g/mol. The molecule has 128 valence electrons. The topological polar surface area (TPSA) is 76.1 Å². The number of carbonyl (C=O) groups is 1. The number of methoxy groups -OCH3 is 1. The van der Waals surface area contributed by atoms with Gasteiger partial charge >= 0.3 is 0 Å². The van der Waals surface area contributed by atoms with Crippen LogP contribution in [-0.4, -0.2) is 22.6 Å². The summed E-state index contributed by atoms with van der Waals surface area (Å²) in [5.41, 5.74) is 3.33. The molecule has 2 N–H and O–H groups in total. The lowest BCUT2D eigenvalue weighted by atomic mass is 10.2. The molecular weight excluding hydrogens is 336 g/mol. The fourth-order valence-electron chi connectivity index (χ4n) is 2.28. The molecule has 0 radical (unpaired) electrons. The molecule has 2 aromatic carbocycles. The zero-order chi connectivity index (χ0) is 17.6. The Morgan fingerprint density at radius 3 is 2.24 bits per heavy atom. The lowest BCUT2D eigenvalue weighted by Gasteiger charge is -2.09. The van der Waals surface area contributed by atoms with Crippen molar-refractivity contribution in [2.24, 2.45) is 0 Å². The van der Waals surface area contributed by atoms with Gasteiger partial charge in [-0.1, -0.05) is 11.4 Å². The van der Waals surface area contributed by atoms with Gasteiger partial charge in [-0.15, -0.1) is 5.10 Å². The molecule has 0 aliphatic carbocycles. The van der Waals surface area contributed by atoms with Crippen molar-refractivity contribution in [2.45, 2.75) is 13.3 Å². The van der Waals surface area contributed by atoms with Crippen LogP contribution >= 0.6 is 11.5 Å². The largest absolute Gasteiger partial charge is 0.497 e. The highest BCUT2D eigenvalue weighted by atomic mass is 32.1. The molecule has 1 amide bonds. The number of amides is 1. The molecule has 3 aromatic rings. The number of hydrogen-bond donors (Lipinski definition) is 2. The predicted molar refractivity (Wildman–Crippen MR) is 100.0 cm³/mol. The molecule has 7 heteroatoms. The Morgan fingerprint density at radius 1 is 1.04 bits per heavy atom. The van der Waals surface area contributed by atoms with Crippen LogP contribution in [0.3, 0.4) is 0 Å². The number of aryl methyl sites for hydroxylation is 1. The average molecular weight is 354 g/mol. The van der Waals surface area contributed by atoms with Gasteiger partial charge in [-0.2, -0.15) is 0 Å². The van der Waals surface area contributed by atoms with Gasteiger partial charge in [-0.3, -0.25) is 4.79 Å². The van der Waals surface area contributed by atoms with Gasteiger partial charge < -0.3 is 15.4 Å². The van der Waals surface area contributed by atoms with Gasteiger partial charge in [0, 0.05) is 17.1 Å². The van der Waals surface area contributed by atoms with Crippen molar-refractivity contribution < 1.29 is 9.53 Å². The Labute approximate surface area is 150 Å². The summed E-state index contributed by atoms with van der Waals surface area (Å²) in [7, 11) is 1.64. The standard InChI is InChI=1S/C18H18N4O2S/c1-3-16-17(25-22-21-16)18(23)20-14-6-4-12(5-7-14)19-13-8-10-15(24-2)11-9-13/h4-11,19H,3H2,1-2H3,(H,20,23). The Balaban J connectivity index is 1.64. The van der Waals surface area contributed by atoms with E-state index in [4.69, 9.17) is 4.74 Å². The van der Waals surface area contributed by atoms with E-state index in [1.165, 1.54) is 0 Å². The normalized spacial score (nSPS) is 10.3. The summed E-state index contributed by atoms with van der Waals surface area (Å²) >= 11 is 1.11. The molecule has 0 saturated heterocycles. The number of nitrogens with zero attached hydrogens (tertiary/aromatic N) is 2. The third kappa shape index (κ3) is 4.13. The molecular formula is C18H18N4O2S. The maximum atomic E-state index is 12.3. The van der Waals surface area contributed by atoms with Gasteiger partial charge in [0.05, 0.1) is 12.8 Å². The van der Waals surface area contributed by atoms with Crippen molar-refractivity contribution in [3.05, 3.63) is 59.1 Å². The minimum atomic E-state index is -0.178. The van der Waals surface area contributed by atoms with Gasteiger partial charge in [-0.25, -0.2) is 0 Å². The summed E-state index contributed by atoms with van der Waals surface area (Å²) < 4.78 is 8.98. The Bertz CT molecular complexity index is 844. The zero-order valence-corrected chi connectivity index (χ0v) is 14.8. The first-order valence-electron chi connectivity index (χ1n) is 7.83. The second-order valence-corrected chi connectivity index (χ2v) is 6.04. The van der Waals surface area contributed by atoms with Crippen molar-refractivity contribution in [1.29, 1.82) is 0 Å². The molecule has 0 fully saturated rings. The first kappa shape index (κ1) is 16.9. The number of aromatic nitrogens is 2. The van der Waals surface area contributed by atoms with Gasteiger partial charge in [-0.05, 0) is 66.5 Å². The van der Waals surface area contributed by atoms with Crippen molar-refractivity contribution >= 4 is 34.5 Å². The SMILES string of the molecule is CCc1nnsc1C(=O)Nc1ccc(Nc2ccc(OC)cc2)cc1. The second-order valence-electron chi connectivity index (χ2n) is 5.29. The van der Waals surface area contributed by atoms with Crippen LogP contribution in [0.5, 0.6) is 5.75 Å². The van der Waals surface area contributed by atoms with E-state index >= 15 is 0 Å². The minimum Gasteiger partial charge on any atom is -0.497 e. The smallest absolute Gasteiger partial charge is 0.269 e. The quantitative estimate of drug-likeness (QED) is 0.697. The van der Waals surface area contributed by atoms with Crippen LogP contribution in [0.15, 0.2) is 48.5 Å². The molecule has 0 aliphatic rings. The number of ether oxygens (including phenoxy) is 1. The van der Waals surface area contributed by atoms with E-state index < -0.39 is 0 Å². The summed E-state index contributed by atoms with van der Waals surface area (Å²) in [5, 5.41) is 10.1. The first-order chi connectivity index (χ1) is 12.2. The molecule has 0 atom stereocenters. The summed E-state index contributed by atoms with van der Waals surface area (Å²) in [5.74, 6) is 0.635. The van der Waals surface area contributed by atoms with E-state index in [2.05, 4.69) is 20.2 Å². The van der Waals surface area contributed by atoms with Crippen molar-refractivity contribution in [1.82, 2.24) is 9.59 Å². The molecule has 1 heterocycles. The summed E-state index contributed by atoms with van der Waals surface area (Å²) in [6.07, 6.45) is 0.684.